The summed E-state index contributed by atoms with van der Waals surface area (Å²) in [6.45, 7) is 5.07. The van der Waals surface area contributed by atoms with Gasteiger partial charge in [-0.15, -0.1) is 0 Å². The van der Waals surface area contributed by atoms with Crippen molar-refractivity contribution < 1.29 is 34.2 Å². The van der Waals surface area contributed by atoms with Gasteiger partial charge in [0, 0.05) is 19.3 Å². The van der Waals surface area contributed by atoms with E-state index in [0.29, 0.717) is 43.4 Å². The minimum absolute atomic E-state index is 0.0907. The van der Waals surface area contributed by atoms with Gasteiger partial charge in [0.2, 0.25) is 0 Å². The van der Waals surface area contributed by atoms with Gasteiger partial charge >= 0.3 is 17.9 Å². The summed E-state index contributed by atoms with van der Waals surface area (Å²) in [4.78, 5) is 33.1. The van der Waals surface area contributed by atoms with Crippen LogP contribution in [0.3, 0.4) is 0 Å². The molecule has 210 valence electrons. The Kier molecular flexibility index (Phi) is 22.3. The van der Waals surface area contributed by atoms with E-state index in [1.807, 2.05) is 0 Å². The third-order valence-electron chi connectivity index (χ3n) is 6.94. The number of allylic oxidation sites excluding steroid dienone is 2. The quantitative estimate of drug-likeness (QED) is 0.0618. The zero-order valence-electron chi connectivity index (χ0n) is 22.9. The fourth-order valence-corrected chi connectivity index (χ4v) is 4.89. The van der Waals surface area contributed by atoms with E-state index in [2.05, 4.69) is 19.1 Å². The summed E-state index contributed by atoms with van der Waals surface area (Å²) in [5.74, 6) is -2.48. The van der Waals surface area contributed by atoms with Crippen LogP contribution in [-0.2, 0) is 14.4 Å². The zero-order valence-corrected chi connectivity index (χ0v) is 22.9. The van der Waals surface area contributed by atoms with E-state index in [4.69, 9.17) is 15.3 Å². The molecule has 0 atom stereocenters. The van der Waals surface area contributed by atoms with Crippen molar-refractivity contribution in [1.29, 1.82) is 0 Å². The van der Waals surface area contributed by atoms with Gasteiger partial charge in [-0.05, 0) is 32.1 Å². The molecule has 0 aliphatic heterocycles. The number of unbranched alkanes of at least 4 members (excludes halogenated alkanes) is 11. The molecule has 0 bridgehead atoms. The summed E-state index contributed by atoms with van der Waals surface area (Å²) in [6.07, 6.45) is 22.5. The summed E-state index contributed by atoms with van der Waals surface area (Å²) in [7, 11) is 0. The molecule has 7 heteroatoms. The molecule has 0 saturated heterocycles. The second kappa shape index (κ2) is 23.5. The lowest BCUT2D eigenvalue weighted by Crippen LogP contribution is -2.51. The maximum Gasteiger partial charge on any atom is 0.303 e. The highest BCUT2D eigenvalue weighted by atomic mass is 16.4. The maximum atomic E-state index is 11.0. The number of hydrogen-bond acceptors (Lipinski definition) is 3. The molecule has 0 amide bonds. The molecule has 0 heterocycles. The number of quaternary nitrogens is 1. The van der Waals surface area contributed by atoms with Crippen LogP contribution in [-0.4, -0.2) is 63.9 Å². The molecule has 0 radical (unpaired) electrons. The molecule has 0 aromatic rings. The molecule has 0 aromatic heterocycles. The van der Waals surface area contributed by atoms with Gasteiger partial charge in [-0.1, -0.05) is 70.4 Å². The Morgan fingerprint density at radius 1 is 0.500 bits per heavy atom. The predicted molar refractivity (Wildman–Crippen MR) is 145 cm³/mol. The lowest BCUT2D eigenvalue weighted by molar-refractivity contribution is -0.929. The highest BCUT2D eigenvalue weighted by molar-refractivity contribution is 5.67. The Balaban J connectivity index is 4.32. The SMILES string of the molecule is CCC/C=C/CCCCCCCCCCCC[N+](CCCC(=O)O)(CCCC(=O)O)CCCC(=O)O. The highest BCUT2D eigenvalue weighted by Gasteiger charge is 2.27. The number of carbonyl (C=O) groups is 3. The van der Waals surface area contributed by atoms with E-state index in [0.717, 1.165) is 19.4 Å². The van der Waals surface area contributed by atoms with Crippen molar-refractivity contribution in [1.82, 2.24) is 0 Å². The van der Waals surface area contributed by atoms with Gasteiger partial charge in [0.25, 0.3) is 0 Å². The first-order valence-corrected chi connectivity index (χ1v) is 14.5. The zero-order chi connectivity index (χ0) is 26.9. The molecule has 0 spiro atoms. The third-order valence-corrected chi connectivity index (χ3v) is 6.94. The van der Waals surface area contributed by atoms with Crippen molar-refractivity contribution in [3.8, 4) is 0 Å². The largest absolute Gasteiger partial charge is 0.481 e. The van der Waals surface area contributed by atoms with E-state index in [-0.39, 0.29) is 19.3 Å². The molecule has 36 heavy (non-hydrogen) atoms. The number of aliphatic carboxylic acids is 3. The molecular weight excluding hydrogens is 458 g/mol. The summed E-state index contributed by atoms with van der Waals surface area (Å²) in [5, 5.41) is 27.2. The van der Waals surface area contributed by atoms with Crippen molar-refractivity contribution in [2.75, 3.05) is 26.2 Å². The fourth-order valence-electron chi connectivity index (χ4n) is 4.89. The van der Waals surface area contributed by atoms with Crippen LogP contribution < -0.4 is 0 Å². The molecular formula is C29H54NO6+. The van der Waals surface area contributed by atoms with Crippen LogP contribution in [0.15, 0.2) is 12.2 Å². The summed E-state index contributed by atoms with van der Waals surface area (Å²) in [5.41, 5.74) is 0. The maximum absolute atomic E-state index is 11.0. The second-order valence-corrected chi connectivity index (χ2v) is 10.3. The van der Waals surface area contributed by atoms with Crippen LogP contribution in [0.5, 0.6) is 0 Å². The van der Waals surface area contributed by atoms with Crippen LogP contribution in [0.4, 0.5) is 0 Å². The fraction of sp³-hybridized carbons (Fsp3) is 0.828. The predicted octanol–water partition coefficient (Wildman–Crippen LogP) is 7.05. The second-order valence-electron chi connectivity index (χ2n) is 10.3. The highest BCUT2D eigenvalue weighted by Crippen LogP contribution is 2.19. The summed E-state index contributed by atoms with van der Waals surface area (Å²) < 4.78 is 0.640. The Morgan fingerprint density at radius 2 is 0.833 bits per heavy atom. The molecule has 0 unspecified atom stereocenters. The van der Waals surface area contributed by atoms with Crippen LogP contribution in [0.25, 0.3) is 0 Å². The number of rotatable bonds is 27. The Labute approximate surface area is 219 Å². The van der Waals surface area contributed by atoms with Gasteiger partial charge in [0.05, 0.1) is 45.4 Å². The van der Waals surface area contributed by atoms with E-state index in [1.165, 1.54) is 70.6 Å². The van der Waals surface area contributed by atoms with Crippen LogP contribution in [0, 0.1) is 0 Å². The van der Waals surface area contributed by atoms with E-state index >= 15 is 0 Å². The molecule has 0 aliphatic carbocycles. The molecule has 3 N–H and O–H groups in total. The van der Waals surface area contributed by atoms with Gasteiger partial charge in [-0.3, -0.25) is 14.4 Å². The Hall–Kier alpha value is -1.89. The minimum atomic E-state index is -0.826. The van der Waals surface area contributed by atoms with Crippen molar-refractivity contribution in [2.45, 2.75) is 129 Å². The number of carboxylic acids is 3. The Morgan fingerprint density at radius 3 is 1.22 bits per heavy atom. The van der Waals surface area contributed by atoms with Crippen molar-refractivity contribution in [3.05, 3.63) is 12.2 Å². The van der Waals surface area contributed by atoms with Crippen LogP contribution in [0.2, 0.25) is 0 Å². The standard InChI is InChI=1S/C29H53NO6/c1-2-3-4-5-6-7-8-9-10-11-12-13-14-15-16-23-30(24-17-20-27(31)32,25-18-21-28(33)34)26-19-22-29(35)36/h4-5H,2-3,6-26H2,1H3,(H2-,31,32,33,34,35,36)/p+1/b5-4+. The lowest BCUT2D eigenvalue weighted by atomic mass is 10.0. The first-order chi connectivity index (χ1) is 17.3. The van der Waals surface area contributed by atoms with E-state index < -0.39 is 17.9 Å². The molecule has 7 nitrogen and oxygen atoms in total. The topological polar surface area (TPSA) is 112 Å². The molecule has 0 fully saturated rings. The average Bonchev–Trinajstić information content (AvgIpc) is 2.80. The minimum Gasteiger partial charge on any atom is -0.481 e. The van der Waals surface area contributed by atoms with Gasteiger partial charge < -0.3 is 19.8 Å². The van der Waals surface area contributed by atoms with Crippen molar-refractivity contribution >= 4 is 17.9 Å². The average molecular weight is 513 g/mol. The van der Waals surface area contributed by atoms with Gasteiger partial charge in [0.15, 0.2) is 0 Å². The number of hydrogen-bond donors (Lipinski definition) is 3. The van der Waals surface area contributed by atoms with E-state index in [1.54, 1.807) is 0 Å². The normalized spacial score (nSPS) is 11.8. The summed E-state index contributed by atoms with van der Waals surface area (Å²) >= 11 is 0. The van der Waals surface area contributed by atoms with E-state index in [9.17, 15) is 14.4 Å². The molecule has 0 saturated carbocycles. The number of carboxylic acid groups (broad SMARTS) is 3. The lowest BCUT2D eigenvalue weighted by Gasteiger charge is -2.39. The Bertz CT molecular complexity index is 554. The smallest absolute Gasteiger partial charge is 0.303 e. The first-order valence-electron chi connectivity index (χ1n) is 14.5. The van der Waals surface area contributed by atoms with Crippen molar-refractivity contribution in [2.24, 2.45) is 0 Å². The molecule has 0 rings (SSSR count). The van der Waals surface area contributed by atoms with Crippen LogP contribution >= 0.6 is 0 Å². The van der Waals surface area contributed by atoms with Gasteiger partial charge in [0.1, 0.15) is 0 Å². The monoisotopic (exact) mass is 512 g/mol. The van der Waals surface area contributed by atoms with Gasteiger partial charge in [-0.2, -0.15) is 0 Å². The van der Waals surface area contributed by atoms with Crippen LogP contribution in [0.1, 0.15) is 129 Å². The van der Waals surface area contributed by atoms with Crippen molar-refractivity contribution in [3.63, 3.8) is 0 Å². The third kappa shape index (κ3) is 22.6. The van der Waals surface area contributed by atoms with Gasteiger partial charge in [-0.25, -0.2) is 0 Å². The first kappa shape index (κ1) is 34.1. The summed E-state index contributed by atoms with van der Waals surface area (Å²) in [6, 6.07) is 0. The molecule has 0 aliphatic rings. The number of nitrogens with zero attached hydrogens (tertiary/aromatic N) is 1. The molecule has 0 aromatic carbocycles.